The van der Waals surface area contributed by atoms with E-state index in [4.69, 9.17) is 10.5 Å². The molecule has 0 spiro atoms. The first-order valence-electron chi connectivity index (χ1n) is 6.95. The van der Waals surface area contributed by atoms with Crippen molar-refractivity contribution in [2.45, 2.75) is 85.0 Å². The van der Waals surface area contributed by atoms with E-state index >= 15 is 0 Å². The minimum atomic E-state index is -0.655. The molecular formula is C15H33NO2. The molecule has 0 aromatic heterocycles. The molecule has 0 amide bonds. The largest absolute Gasteiger partial charge is 0.390 e. The van der Waals surface area contributed by atoms with Gasteiger partial charge in [-0.05, 0) is 59.3 Å². The molecule has 3 nitrogen and oxygen atoms in total. The average molecular weight is 259 g/mol. The maximum Gasteiger partial charge on any atom is 0.0631 e. The molecule has 1 atom stereocenters. The Labute approximate surface area is 113 Å². The number of hydrogen-bond acceptors (Lipinski definition) is 3. The van der Waals surface area contributed by atoms with Gasteiger partial charge in [-0.25, -0.2) is 0 Å². The van der Waals surface area contributed by atoms with Gasteiger partial charge in [0.15, 0.2) is 0 Å². The van der Waals surface area contributed by atoms with Crippen LogP contribution in [0, 0.1) is 5.41 Å². The maximum atomic E-state index is 9.67. The first-order valence-corrected chi connectivity index (χ1v) is 6.95. The van der Waals surface area contributed by atoms with Crippen LogP contribution in [0.4, 0.5) is 0 Å². The van der Waals surface area contributed by atoms with Gasteiger partial charge in [0, 0.05) is 6.04 Å². The summed E-state index contributed by atoms with van der Waals surface area (Å²) in [6.45, 7) is 14.9. The van der Waals surface area contributed by atoms with Gasteiger partial charge < -0.3 is 15.6 Å². The molecular weight excluding hydrogens is 226 g/mol. The van der Waals surface area contributed by atoms with E-state index < -0.39 is 5.60 Å². The quantitative estimate of drug-likeness (QED) is 0.704. The fourth-order valence-corrected chi connectivity index (χ4v) is 2.72. The summed E-state index contributed by atoms with van der Waals surface area (Å²) in [7, 11) is 0. The van der Waals surface area contributed by atoms with Crippen LogP contribution in [0.1, 0.15) is 67.7 Å². The van der Waals surface area contributed by atoms with Gasteiger partial charge >= 0.3 is 0 Å². The van der Waals surface area contributed by atoms with Crippen LogP contribution in [0.5, 0.6) is 0 Å². The van der Waals surface area contributed by atoms with E-state index in [-0.39, 0.29) is 17.1 Å². The summed E-state index contributed by atoms with van der Waals surface area (Å²) in [5.74, 6) is 0. The minimum Gasteiger partial charge on any atom is -0.390 e. The molecule has 0 heterocycles. The molecule has 0 bridgehead atoms. The Balaban J connectivity index is 4.21. The third-order valence-electron chi connectivity index (χ3n) is 2.99. The third-order valence-corrected chi connectivity index (χ3v) is 2.99. The lowest BCUT2D eigenvalue weighted by Gasteiger charge is -2.36. The van der Waals surface area contributed by atoms with Gasteiger partial charge in [0.25, 0.3) is 0 Å². The second kappa shape index (κ2) is 6.36. The number of hydrogen-bond donors (Lipinski definition) is 2. The SMILES string of the molecule is CC(N)CC(C)(C)CC(C)(C)OCCC(C)(C)O. The normalized spacial score (nSPS) is 15.8. The fraction of sp³-hybridized carbons (Fsp3) is 1.00. The van der Waals surface area contributed by atoms with E-state index in [0.29, 0.717) is 13.0 Å². The molecule has 1 unspecified atom stereocenters. The summed E-state index contributed by atoms with van der Waals surface area (Å²) in [6, 6.07) is 0.215. The predicted molar refractivity (Wildman–Crippen MR) is 77.6 cm³/mol. The second-order valence-corrected chi connectivity index (χ2v) is 7.69. The summed E-state index contributed by atoms with van der Waals surface area (Å²) >= 11 is 0. The molecule has 0 saturated heterocycles. The van der Waals surface area contributed by atoms with Gasteiger partial charge in [-0.3, -0.25) is 0 Å². The molecule has 3 heteroatoms. The highest BCUT2D eigenvalue weighted by molar-refractivity contribution is 4.82. The highest BCUT2D eigenvalue weighted by Gasteiger charge is 2.30. The van der Waals surface area contributed by atoms with E-state index in [1.165, 1.54) is 0 Å². The molecule has 0 aromatic carbocycles. The van der Waals surface area contributed by atoms with Crippen molar-refractivity contribution in [3.8, 4) is 0 Å². The Bertz CT molecular complexity index is 239. The summed E-state index contributed by atoms with van der Waals surface area (Å²) in [6.07, 6.45) is 2.61. The van der Waals surface area contributed by atoms with E-state index in [2.05, 4.69) is 27.7 Å². The molecule has 0 aliphatic heterocycles. The fourth-order valence-electron chi connectivity index (χ4n) is 2.72. The smallest absolute Gasteiger partial charge is 0.0631 e. The first kappa shape index (κ1) is 17.9. The van der Waals surface area contributed by atoms with Crippen molar-refractivity contribution in [1.82, 2.24) is 0 Å². The molecule has 0 rings (SSSR count). The molecule has 110 valence electrons. The Morgan fingerprint density at radius 3 is 2.00 bits per heavy atom. The van der Waals surface area contributed by atoms with Crippen molar-refractivity contribution in [3.05, 3.63) is 0 Å². The number of ether oxygens (including phenoxy) is 1. The zero-order chi connectivity index (χ0) is 14.6. The van der Waals surface area contributed by atoms with Crippen LogP contribution >= 0.6 is 0 Å². The summed E-state index contributed by atoms with van der Waals surface area (Å²) in [4.78, 5) is 0. The van der Waals surface area contributed by atoms with Gasteiger partial charge in [0.2, 0.25) is 0 Å². The topological polar surface area (TPSA) is 55.5 Å². The standard InChI is InChI=1S/C15H33NO2/c1-12(16)10-13(2,3)11-15(6,7)18-9-8-14(4,5)17/h12,17H,8-11,16H2,1-7H3. The third kappa shape index (κ3) is 9.86. The summed E-state index contributed by atoms with van der Waals surface area (Å²) < 4.78 is 5.92. The van der Waals surface area contributed by atoms with Crippen LogP contribution in [0.2, 0.25) is 0 Å². The van der Waals surface area contributed by atoms with Gasteiger partial charge in [0.1, 0.15) is 0 Å². The lowest BCUT2D eigenvalue weighted by molar-refractivity contribution is -0.0673. The van der Waals surface area contributed by atoms with Crippen LogP contribution in [0.25, 0.3) is 0 Å². The monoisotopic (exact) mass is 259 g/mol. The van der Waals surface area contributed by atoms with Crippen molar-refractivity contribution < 1.29 is 9.84 Å². The van der Waals surface area contributed by atoms with Crippen molar-refractivity contribution >= 4 is 0 Å². The second-order valence-electron chi connectivity index (χ2n) is 7.69. The van der Waals surface area contributed by atoms with E-state index in [1.807, 2.05) is 20.8 Å². The van der Waals surface area contributed by atoms with Crippen molar-refractivity contribution in [1.29, 1.82) is 0 Å². The van der Waals surface area contributed by atoms with Crippen molar-refractivity contribution in [2.24, 2.45) is 11.1 Å². The molecule has 0 aliphatic rings. The highest BCUT2D eigenvalue weighted by atomic mass is 16.5. The van der Waals surface area contributed by atoms with Gasteiger partial charge in [-0.1, -0.05) is 13.8 Å². The molecule has 18 heavy (non-hydrogen) atoms. The molecule has 3 N–H and O–H groups in total. The van der Waals surface area contributed by atoms with Gasteiger partial charge in [0.05, 0.1) is 17.8 Å². The lowest BCUT2D eigenvalue weighted by Crippen LogP contribution is -2.36. The minimum absolute atomic E-state index is 0.173. The average Bonchev–Trinajstić information content (AvgIpc) is 1.93. The van der Waals surface area contributed by atoms with Gasteiger partial charge in [-0.15, -0.1) is 0 Å². The number of rotatable bonds is 8. The van der Waals surface area contributed by atoms with Crippen LogP contribution in [0.15, 0.2) is 0 Å². The van der Waals surface area contributed by atoms with E-state index in [1.54, 1.807) is 0 Å². The van der Waals surface area contributed by atoms with Crippen LogP contribution in [-0.4, -0.2) is 29.0 Å². The number of aliphatic hydroxyl groups is 1. The Morgan fingerprint density at radius 2 is 1.61 bits per heavy atom. The molecule has 0 radical (unpaired) electrons. The van der Waals surface area contributed by atoms with E-state index in [0.717, 1.165) is 12.8 Å². The Hall–Kier alpha value is -0.120. The van der Waals surface area contributed by atoms with Gasteiger partial charge in [-0.2, -0.15) is 0 Å². The Kier molecular flexibility index (Phi) is 6.31. The lowest BCUT2D eigenvalue weighted by atomic mass is 9.77. The predicted octanol–water partition coefficient (Wildman–Crippen LogP) is 3.10. The van der Waals surface area contributed by atoms with Crippen molar-refractivity contribution in [2.75, 3.05) is 6.61 Å². The van der Waals surface area contributed by atoms with E-state index in [9.17, 15) is 5.11 Å². The first-order chi connectivity index (χ1) is 7.83. The molecule has 0 aromatic rings. The zero-order valence-corrected chi connectivity index (χ0v) is 13.3. The summed E-state index contributed by atoms with van der Waals surface area (Å²) in [5.41, 5.74) is 5.22. The molecule has 0 saturated carbocycles. The molecule has 0 fully saturated rings. The van der Waals surface area contributed by atoms with Crippen molar-refractivity contribution in [3.63, 3.8) is 0 Å². The highest BCUT2D eigenvalue weighted by Crippen LogP contribution is 2.34. The van der Waals surface area contributed by atoms with Crippen LogP contribution in [0.3, 0.4) is 0 Å². The van der Waals surface area contributed by atoms with Crippen LogP contribution in [-0.2, 0) is 4.74 Å². The number of nitrogens with two attached hydrogens (primary N) is 1. The Morgan fingerprint density at radius 1 is 1.11 bits per heavy atom. The molecule has 0 aliphatic carbocycles. The zero-order valence-electron chi connectivity index (χ0n) is 13.3. The summed E-state index contributed by atoms with van der Waals surface area (Å²) in [5, 5.41) is 9.67. The maximum absolute atomic E-state index is 9.67. The van der Waals surface area contributed by atoms with Crippen LogP contribution < -0.4 is 5.73 Å².